The van der Waals surface area contributed by atoms with Crippen LogP contribution in [0.1, 0.15) is 47.4 Å². The van der Waals surface area contributed by atoms with Crippen LogP contribution in [0.5, 0.6) is 0 Å². The highest BCUT2D eigenvalue weighted by Gasteiger charge is 2.44. The number of carbonyl (C=O) groups excluding carboxylic acids is 1. The zero-order chi connectivity index (χ0) is 21.6. The molecule has 1 aromatic heterocycles. The molecule has 9 heteroatoms. The molecule has 31 heavy (non-hydrogen) atoms. The van der Waals surface area contributed by atoms with E-state index in [4.69, 9.17) is 9.72 Å². The van der Waals surface area contributed by atoms with Crippen molar-refractivity contribution in [1.29, 1.82) is 0 Å². The minimum absolute atomic E-state index is 0.0230. The minimum Gasteiger partial charge on any atom is -0.378 e. The van der Waals surface area contributed by atoms with Crippen LogP contribution >= 0.6 is 0 Å². The van der Waals surface area contributed by atoms with Crippen LogP contribution in [-0.4, -0.2) is 67.3 Å². The topological polar surface area (TPSA) is 92.7 Å². The first-order valence-corrected chi connectivity index (χ1v) is 12.5. The molecule has 2 saturated heterocycles. The Balaban J connectivity index is 1.47. The molecule has 5 rings (SSSR count). The number of morpholine rings is 1. The van der Waals surface area contributed by atoms with Crippen molar-refractivity contribution in [2.24, 2.45) is 0 Å². The van der Waals surface area contributed by atoms with Crippen molar-refractivity contribution in [1.82, 2.24) is 14.9 Å². The van der Waals surface area contributed by atoms with E-state index in [1.807, 2.05) is 11.1 Å². The van der Waals surface area contributed by atoms with Crippen LogP contribution in [0.4, 0.5) is 5.95 Å². The number of nitrogens with zero attached hydrogens (tertiary/aromatic N) is 4. The second-order valence-corrected chi connectivity index (χ2v) is 10.5. The van der Waals surface area contributed by atoms with Crippen LogP contribution in [0, 0.1) is 0 Å². The van der Waals surface area contributed by atoms with Gasteiger partial charge in [0, 0.05) is 37.3 Å². The number of sulfone groups is 1. The van der Waals surface area contributed by atoms with Gasteiger partial charge in [-0.3, -0.25) is 4.79 Å². The van der Waals surface area contributed by atoms with E-state index < -0.39 is 9.84 Å². The molecule has 0 N–H and O–H groups in total. The molecule has 1 amide bonds. The molecule has 0 radical (unpaired) electrons. The summed E-state index contributed by atoms with van der Waals surface area (Å²) in [5.74, 6) is 0.467. The molecule has 0 saturated carbocycles. The van der Waals surface area contributed by atoms with Crippen LogP contribution in [0.15, 0.2) is 35.4 Å². The van der Waals surface area contributed by atoms with Gasteiger partial charge in [-0.15, -0.1) is 0 Å². The fourth-order valence-corrected chi connectivity index (χ4v) is 5.99. The predicted octanol–water partition coefficient (Wildman–Crippen LogP) is 2.01. The number of ether oxygens (including phenoxy) is 1. The van der Waals surface area contributed by atoms with E-state index in [0.29, 0.717) is 19.6 Å². The first-order valence-electron chi connectivity index (χ1n) is 10.8. The van der Waals surface area contributed by atoms with Gasteiger partial charge in [-0.25, -0.2) is 18.4 Å². The fraction of sp³-hybridized carbons (Fsp3) is 0.500. The summed E-state index contributed by atoms with van der Waals surface area (Å²) in [5, 5.41) is 0. The van der Waals surface area contributed by atoms with E-state index in [9.17, 15) is 13.2 Å². The van der Waals surface area contributed by atoms with Gasteiger partial charge >= 0.3 is 0 Å². The number of carbonyl (C=O) groups is 1. The first-order chi connectivity index (χ1) is 15.0. The summed E-state index contributed by atoms with van der Waals surface area (Å²) in [6, 6.07) is 6.45. The van der Waals surface area contributed by atoms with Crippen LogP contribution in [-0.2, 0) is 21.0 Å². The number of anilines is 1. The van der Waals surface area contributed by atoms with Crippen LogP contribution in [0.2, 0.25) is 0 Å². The van der Waals surface area contributed by atoms with Crippen LogP contribution in [0.25, 0.3) is 0 Å². The molecular weight excluding hydrogens is 416 g/mol. The zero-order valence-electron chi connectivity index (χ0n) is 17.5. The number of amides is 1. The number of hydrogen-bond donors (Lipinski definition) is 0. The Morgan fingerprint density at radius 2 is 1.97 bits per heavy atom. The fourth-order valence-electron chi connectivity index (χ4n) is 4.90. The summed E-state index contributed by atoms with van der Waals surface area (Å²) >= 11 is 0. The third-order valence-electron chi connectivity index (χ3n) is 6.54. The Hall–Kier alpha value is -2.52. The molecule has 2 aromatic rings. The van der Waals surface area contributed by atoms with Gasteiger partial charge in [0.05, 0.1) is 41.2 Å². The van der Waals surface area contributed by atoms with Crippen molar-refractivity contribution in [3.05, 3.63) is 47.3 Å². The number of hydrogen-bond acceptors (Lipinski definition) is 7. The van der Waals surface area contributed by atoms with Gasteiger partial charge in [0.15, 0.2) is 9.84 Å². The van der Waals surface area contributed by atoms with E-state index in [2.05, 4.69) is 9.88 Å². The monoisotopic (exact) mass is 442 g/mol. The second-order valence-electron chi connectivity index (χ2n) is 8.23. The molecular formula is C22H26N4O4S. The number of benzene rings is 1. The van der Waals surface area contributed by atoms with Crippen molar-refractivity contribution >= 4 is 21.7 Å². The van der Waals surface area contributed by atoms with Gasteiger partial charge in [0.1, 0.15) is 0 Å². The lowest BCUT2D eigenvalue weighted by Crippen LogP contribution is -2.43. The molecule has 2 fully saturated rings. The largest absolute Gasteiger partial charge is 0.378 e. The standard InChI is InChI=1S/C22H26N4O4S/c1-2-31(28,29)20-6-4-3-5-16(20)21(27)26-15-7-8-19(26)17-14-23-22(24-18(17)13-15)25-9-11-30-12-10-25/h3-6,14-15,19H,2,7-13H2,1H3/t15-,19+/m1/s1. The molecule has 8 nitrogen and oxygen atoms in total. The van der Waals surface area contributed by atoms with E-state index >= 15 is 0 Å². The van der Waals surface area contributed by atoms with E-state index in [-0.39, 0.29) is 34.2 Å². The third kappa shape index (κ3) is 3.49. The highest BCUT2D eigenvalue weighted by atomic mass is 32.2. The summed E-state index contributed by atoms with van der Waals surface area (Å²) < 4.78 is 30.6. The van der Waals surface area contributed by atoms with Crippen molar-refractivity contribution in [3.63, 3.8) is 0 Å². The number of aromatic nitrogens is 2. The first kappa shape index (κ1) is 20.4. The van der Waals surface area contributed by atoms with Gasteiger partial charge in [-0.1, -0.05) is 19.1 Å². The molecule has 2 bridgehead atoms. The maximum Gasteiger partial charge on any atom is 0.255 e. The smallest absolute Gasteiger partial charge is 0.255 e. The Kier molecular flexibility index (Phi) is 5.18. The van der Waals surface area contributed by atoms with Gasteiger partial charge in [-0.2, -0.15) is 0 Å². The molecule has 3 aliphatic rings. The Morgan fingerprint density at radius 1 is 1.19 bits per heavy atom. The van der Waals surface area contributed by atoms with Gasteiger partial charge in [0.2, 0.25) is 5.95 Å². The maximum atomic E-state index is 13.6. The summed E-state index contributed by atoms with van der Waals surface area (Å²) in [7, 11) is -3.49. The van der Waals surface area contributed by atoms with Crippen molar-refractivity contribution in [2.45, 2.75) is 43.2 Å². The molecule has 0 unspecified atom stereocenters. The number of fused-ring (bicyclic) bond motifs is 4. The molecule has 0 aliphatic carbocycles. The molecule has 4 heterocycles. The predicted molar refractivity (Wildman–Crippen MR) is 115 cm³/mol. The zero-order valence-corrected chi connectivity index (χ0v) is 18.3. The molecule has 2 atom stereocenters. The summed E-state index contributed by atoms with van der Waals surface area (Å²) in [6.07, 6.45) is 4.24. The molecule has 0 spiro atoms. The summed E-state index contributed by atoms with van der Waals surface area (Å²) in [6.45, 7) is 4.50. The van der Waals surface area contributed by atoms with Crippen LogP contribution < -0.4 is 4.90 Å². The van der Waals surface area contributed by atoms with Crippen LogP contribution in [0.3, 0.4) is 0 Å². The van der Waals surface area contributed by atoms with Crippen molar-refractivity contribution in [2.75, 3.05) is 37.0 Å². The minimum atomic E-state index is -3.49. The lowest BCUT2D eigenvalue weighted by atomic mass is 9.98. The summed E-state index contributed by atoms with van der Waals surface area (Å²) in [5.41, 5.74) is 2.24. The Labute approximate surface area is 182 Å². The highest BCUT2D eigenvalue weighted by molar-refractivity contribution is 7.91. The van der Waals surface area contributed by atoms with Gasteiger partial charge < -0.3 is 14.5 Å². The van der Waals surface area contributed by atoms with Crippen molar-refractivity contribution < 1.29 is 17.9 Å². The van der Waals surface area contributed by atoms with E-state index in [1.165, 1.54) is 6.07 Å². The average Bonchev–Trinajstić information content (AvgIpc) is 3.13. The van der Waals surface area contributed by atoms with E-state index in [0.717, 1.165) is 43.1 Å². The van der Waals surface area contributed by atoms with Crippen molar-refractivity contribution in [3.8, 4) is 0 Å². The van der Waals surface area contributed by atoms with E-state index in [1.54, 1.807) is 25.1 Å². The quantitative estimate of drug-likeness (QED) is 0.715. The highest BCUT2D eigenvalue weighted by Crippen LogP contribution is 2.44. The average molecular weight is 443 g/mol. The van der Waals surface area contributed by atoms with Gasteiger partial charge in [0.25, 0.3) is 5.91 Å². The third-order valence-corrected chi connectivity index (χ3v) is 8.32. The normalized spacial score (nSPS) is 23.0. The Bertz CT molecular complexity index is 1110. The SMILES string of the molecule is CCS(=O)(=O)c1ccccc1C(=O)N1[C@@H]2CC[C@H]1c1cnc(N3CCOCC3)nc1C2. The summed E-state index contributed by atoms with van der Waals surface area (Å²) in [4.78, 5) is 27.1. The van der Waals surface area contributed by atoms with Gasteiger partial charge in [-0.05, 0) is 25.0 Å². The number of rotatable bonds is 4. The molecule has 164 valence electrons. The Morgan fingerprint density at radius 3 is 2.74 bits per heavy atom. The lowest BCUT2D eigenvalue weighted by Gasteiger charge is -2.36. The maximum absolute atomic E-state index is 13.6. The lowest BCUT2D eigenvalue weighted by molar-refractivity contribution is 0.0639. The molecule has 3 aliphatic heterocycles. The molecule has 1 aromatic carbocycles. The second kappa shape index (κ2) is 7.87.